The summed E-state index contributed by atoms with van der Waals surface area (Å²) in [4.78, 5) is 16.5. The largest absolute Gasteiger partial charge is 0.481 e. The highest BCUT2D eigenvalue weighted by atomic mass is 35.5. The van der Waals surface area contributed by atoms with E-state index in [1.807, 2.05) is 26.0 Å². The lowest BCUT2D eigenvalue weighted by molar-refractivity contribution is -0.124. The molecule has 1 amide bonds. The van der Waals surface area contributed by atoms with Crippen LogP contribution in [0.5, 0.6) is 5.75 Å². The number of aromatic nitrogens is 1. The van der Waals surface area contributed by atoms with E-state index in [9.17, 15) is 4.79 Å². The van der Waals surface area contributed by atoms with Gasteiger partial charge in [-0.05, 0) is 49.9 Å². The van der Waals surface area contributed by atoms with Crippen LogP contribution in [0.25, 0.3) is 10.9 Å². The summed E-state index contributed by atoms with van der Waals surface area (Å²) < 4.78 is 5.68. The minimum Gasteiger partial charge on any atom is -0.481 e. The van der Waals surface area contributed by atoms with E-state index in [-0.39, 0.29) is 23.5 Å². The number of pyridine rings is 1. The quantitative estimate of drug-likeness (QED) is 0.859. The van der Waals surface area contributed by atoms with Crippen LogP contribution >= 0.6 is 11.6 Å². The smallest absolute Gasteiger partial charge is 0.258 e. The van der Waals surface area contributed by atoms with Gasteiger partial charge in [0.1, 0.15) is 11.3 Å². The maximum absolute atomic E-state index is 12.2. The number of hydrogen-bond donors (Lipinski definition) is 1. The van der Waals surface area contributed by atoms with Gasteiger partial charge >= 0.3 is 0 Å². The van der Waals surface area contributed by atoms with E-state index >= 15 is 0 Å². The number of nitrogens with one attached hydrogen (secondary N) is 1. The number of amides is 1. The van der Waals surface area contributed by atoms with Gasteiger partial charge in [-0.2, -0.15) is 0 Å². The molecule has 0 bridgehead atoms. The molecular weight excluding hydrogens is 324 g/mol. The molecule has 0 aliphatic rings. The number of hydrogen-bond acceptors (Lipinski definition) is 3. The summed E-state index contributed by atoms with van der Waals surface area (Å²) in [7, 11) is 0. The number of carbonyl (C=O) groups excluding carboxylic acids is 1. The van der Waals surface area contributed by atoms with Gasteiger partial charge < -0.3 is 10.1 Å². The fourth-order valence-corrected chi connectivity index (χ4v) is 3.37. The average Bonchev–Trinajstić information content (AvgIpc) is 2.43. The van der Waals surface area contributed by atoms with Gasteiger partial charge in [0, 0.05) is 17.1 Å². The molecule has 0 saturated heterocycles. The maximum atomic E-state index is 12.2. The molecule has 1 aromatic carbocycles. The molecule has 1 N–H and O–H groups in total. The Balaban J connectivity index is 2.04. The van der Waals surface area contributed by atoms with Gasteiger partial charge in [-0.15, -0.1) is 0 Å². The lowest BCUT2D eigenvalue weighted by atomic mass is 9.82. The van der Waals surface area contributed by atoms with Gasteiger partial charge in [0.05, 0.1) is 5.02 Å². The second-order valence-electron chi connectivity index (χ2n) is 7.90. The fraction of sp³-hybridized carbons (Fsp3) is 0.474. The second kappa shape index (κ2) is 6.98. The summed E-state index contributed by atoms with van der Waals surface area (Å²) in [6.45, 7) is 10.5. The predicted octanol–water partition coefficient (Wildman–Crippen LogP) is 4.60. The van der Waals surface area contributed by atoms with E-state index in [2.05, 4.69) is 31.1 Å². The first-order chi connectivity index (χ1) is 11.1. The van der Waals surface area contributed by atoms with Crippen LogP contribution in [0.2, 0.25) is 5.02 Å². The SMILES string of the molecule is CC(C)(C)CC(C)(C)NC(=O)COc1ccc(Cl)c2cccnc12. The van der Waals surface area contributed by atoms with Crippen LogP contribution in [0.3, 0.4) is 0 Å². The molecule has 0 radical (unpaired) electrons. The van der Waals surface area contributed by atoms with E-state index in [1.54, 1.807) is 18.3 Å². The van der Waals surface area contributed by atoms with Crippen LogP contribution in [0.4, 0.5) is 0 Å². The first kappa shape index (κ1) is 18.5. The van der Waals surface area contributed by atoms with Crippen molar-refractivity contribution in [2.24, 2.45) is 5.41 Å². The maximum Gasteiger partial charge on any atom is 0.258 e. The van der Waals surface area contributed by atoms with Crippen LogP contribution in [0.15, 0.2) is 30.5 Å². The molecule has 0 spiro atoms. The Morgan fingerprint density at radius 2 is 1.92 bits per heavy atom. The van der Waals surface area contributed by atoms with E-state index in [4.69, 9.17) is 16.3 Å². The highest BCUT2D eigenvalue weighted by Crippen LogP contribution is 2.30. The van der Waals surface area contributed by atoms with Crippen molar-refractivity contribution in [1.82, 2.24) is 10.3 Å². The monoisotopic (exact) mass is 348 g/mol. The number of halogens is 1. The Morgan fingerprint density at radius 3 is 2.58 bits per heavy atom. The number of carbonyl (C=O) groups is 1. The van der Waals surface area contributed by atoms with Crippen molar-refractivity contribution in [3.63, 3.8) is 0 Å². The number of rotatable bonds is 5. The van der Waals surface area contributed by atoms with E-state index < -0.39 is 0 Å². The third-order valence-electron chi connectivity index (χ3n) is 3.49. The summed E-state index contributed by atoms with van der Waals surface area (Å²) >= 11 is 6.17. The molecule has 0 fully saturated rings. The molecule has 2 aromatic rings. The van der Waals surface area contributed by atoms with Crippen LogP contribution in [0, 0.1) is 5.41 Å². The average molecular weight is 349 g/mol. The summed E-state index contributed by atoms with van der Waals surface area (Å²) in [5.41, 5.74) is 0.499. The molecule has 0 aliphatic carbocycles. The van der Waals surface area contributed by atoms with Crippen molar-refractivity contribution in [2.45, 2.75) is 46.6 Å². The van der Waals surface area contributed by atoms with Crippen LogP contribution in [0.1, 0.15) is 41.0 Å². The summed E-state index contributed by atoms with van der Waals surface area (Å²) in [6.07, 6.45) is 2.55. The van der Waals surface area contributed by atoms with Crippen LogP contribution in [-0.4, -0.2) is 23.0 Å². The van der Waals surface area contributed by atoms with Crippen molar-refractivity contribution < 1.29 is 9.53 Å². The minimum absolute atomic E-state index is 0.0547. The lowest BCUT2D eigenvalue weighted by Crippen LogP contribution is -2.47. The zero-order chi connectivity index (χ0) is 18.0. The molecule has 2 rings (SSSR count). The van der Waals surface area contributed by atoms with E-state index in [0.717, 1.165) is 11.8 Å². The Kier molecular flexibility index (Phi) is 5.38. The van der Waals surface area contributed by atoms with E-state index in [1.165, 1.54) is 0 Å². The Morgan fingerprint density at radius 1 is 1.21 bits per heavy atom. The highest BCUT2D eigenvalue weighted by Gasteiger charge is 2.27. The molecule has 130 valence electrons. The molecule has 0 aliphatic heterocycles. The lowest BCUT2D eigenvalue weighted by Gasteiger charge is -2.33. The summed E-state index contributed by atoms with van der Waals surface area (Å²) in [6, 6.07) is 7.19. The molecule has 0 atom stereocenters. The third kappa shape index (κ3) is 5.10. The van der Waals surface area contributed by atoms with Crippen LogP contribution in [-0.2, 0) is 4.79 Å². The Bertz CT molecular complexity index is 736. The van der Waals surface area contributed by atoms with E-state index in [0.29, 0.717) is 16.3 Å². The van der Waals surface area contributed by atoms with Gasteiger partial charge in [0.2, 0.25) is 0 Å². The normalized spacial score (nSPS) is 12.2. The van der Waals surface area contributed by atoms with Gasteiger partial charge in [0.25, 0.3) is 5.91 Å². The highest BCUT2D eigenvalue weighted by molar-refractivity contribution is 6.35. The number of ether oxygens (including phenoxy) is 1. The van der Waals surface area contributed by atoms with Crippen molar-refractivity contribution in [3.8, 4) is 5.75 Å². The molecular formula is C19H25ClN2O2. The fourth-order valence-electron chi connectivity index (χ4n) is 3.16. The molecule has 0 saturated carbocycles. The minimum atomic E-state index is -0.293. The van der Waals surface area contributed by atoms with Crippen molar-refractivity contribution in [1.29, 1.82) is 0 Å². The summed E-state index contributed by atoms with van der Waals surface area (Å²) in [5, 5.41) is 4.45. The molecule has 1 heterocycles. The second-order valence-corrected chi connectivity index (χ2v) is 8.31. The first-order valence-corrected chi connectivity index (χ1v) is 8.42. The Hall–Kier alpha value is -1.81. The third-order valence-corrected chi connectivity index (χ3v) is 3.82. The molecule has 0 unspecified atom stereocenters. The van der Waals surface area contributed by atoms with Gasteiger partial charge in [-0.1, -0.05) is 32.4 Å². The Labute approximate surface area is 148 Å². The van der Waals surface area contributed by atoms with Crippen molar-refractivity contribution in [2.75, 3.05) is 6.61 Å². The zero-order valence-electron chi connectivity index (χ0n) is 14.9. The standard InChI is InChI=1S/C19H25ClN2O2/c1-18(2,3)12-19(4,5)22-16(23)11-24-15-9-8-14(20)13-7-6-10-21-17(13)15/h6-10H,11-12H2,1-5H3,(H,22,23). The molecule has 5 heteroatoms. The molecule has 24 heavy (non-hydrogen) atoms. The molecule has 1 aromatic heterocycles. The predicted molar refractivity (Wildman–Crippen MR) is 98.5 cm³/mol. The first-order valence-electron chi connectivity index (χ1n) is 8.04. The van der Waals surface area contributed by atoms with Gasteiger partial charge in [-0.25, -0.2) is 0 Å². The number of nitrogens with zero attached hydrogens (tertiary/aromatic N) is 1. The number of fused-ring (bicyclic) bond motifs is 1. The topological polar surface area (TPSA) is 51.2 Å². The molecule has 4 nitrogen and oxygen atoms in total. The summed E-state index contributed by atoms with van der Waals surface area (Å²) in [5.74, 6) is 0.405. The van der Waals surface area contributed by atoms with Crippen molar-refractivity contribution >= 4 is 28.4 Å². The number of benzene rings is 1. The van der Waals surface area contributed by atoms with Gasteiger partial charge in [-0.3, -0.25) is 9.78 Å². The van der Waals surface area contributed by atoms with Crippen molar-refractivity contribution in [3.05, 3.63) is 35.5 Å². The zero-order valence-corrected chi connectivity index (χ0v) is 15.7. The van der Waals surface area contributed by atoms with Crippen LogP contribution < -0.4 is 10.1 Å². The van der Waals surface area contributed by atoms with Gasteiger partial charge in [0.15, 0.2) is 6.61 Å².